The SMILES string of the molecule is C=CC[N+](C)(CC=C)CCCNC(=O)/C=N/O.[I-]. The molecule has 1 amide bonds. The van der Waals surface area contributed by atoms with Gasteiger partial charge < -0.3 is 39.0 Å². The summed E-state index contributed by atoms with van der Waals surface area (Å²) in [5.41, 5.74) is 0. The van der Waals surface area contributed by atoms with Crippen molar-refractivity contribution in [3.05, 3.63) is 25.3 Å². The average molecular weight is 367 g/mol. The number of carbonyl (C=O) groups excluding carboxylic acids is 1. The number of likely N-dealkylation sites (N-methyl/N-ethyl adjacent to an activating group) is 1. The molecule has 0 bridgehead atoms. The molecule has 0 spiro atoms. The third-order valence-corrected chi connectivity index (χ3v) is 2.49. The predicted molar refractivity (Wildman–Crippen MR) is 69.1 cm³/mol. The summed E-state index contributed by atoms with van der Waals surface area (Å²) in [5.74, 6) is -0.380. The van der Waals surface area contributed by atoms with E-state index in [0.29, 0.717) is 6.54 Å². The Bertz CT molecular complexity index is 283. The molecule has 0 aliphatic carbocycles. The van der Waals surface area contributed by atoms with E-state index in [1.807, 2.05) is 12.2 Å². The number of halogens is 1. The molecule has 0 aromatic rings. The lowest BCUT2D eigenvalue weighted by Gasteiger charge is -2.32. The van der Waals surface area contributed by atoms with Crippen molar-refractivity contribution in [1.82, 2.24) is 5.32 Å². The number of carbonyl (C=O) groups is 1. The number of hydrogen-bond acceptors (Lipinski definition) is 3. The van der Waals surface area contributed by atoms with E-state index in [1.54, 1.807) is 0 Å². The maximum atomic E-state index is 11.0. The quantitative estimate of drug-likeness (QED) is 0.0923. The molecule has 104 valence electrons. The highest BCUT2D eigenvalue weighted by atomic mass is 127. The van der Waals surface area contributed by atoms with Crippen molar-refractivity contribution in [3.63, 3.8) is 0 Å². The van der Waals surface area contributed by atoms with Crippen molar-refractivity contribution in [1.29, 1.82) is 0 Å². The van der Waals surface area contributed by atoms with Crippen LogP contribution in [0.3, 0.4) is 0 Å². The van der Waals surface area contributed by atoms with Crippen LogP contribution in [0.5, 0.6) is 0 Å². The van der Waals surface area contributed by atoms with Crippen molar-refractivity contribution in [2.75, 3.05) is 33.2 Å². The second-order valence-electron chi connectivity index (χ2n) is 4.17. The van der Waals surface area contributed by atoms with Crippen LogP contribution < -0.4 is 29.3 Å². The van der Waals surface area contributed by atoms with Gasteiger partial charge in [0.1, 0.15) is 6.21 Å². The topological polar surface area (TPSA) is 61.7 Å². The molecule has 0 radical (unpaired) electrons. The number of amides is 1. The van der Waals surface area contributed by atoms with Crippen LogP contribution >= 0.6 is 0 Å². The highest BCUT2D eigenvalue weighted by molar-refractivity contribution is 6.25. The molecule has 0 unspecified atom stereocenters. The molecule has 0 heterocycles. The van der Waals surface area contributed by atoms with Crippen LogP contribution in [0.25, 0.3) is 0 Å². The second kappa shape index (κ2) is 11.2. The summed E-state index contributed by atoms with van der Waals surface area (Å²) >= 11 is 0. The molecule has 0 rings (SSSR count). The lowest BCUT2D eigenvalue weighted by molar-refractivity contribution is -0.898. The lowest BCUT2D eigenvalue weighted by Crippen LogP contribution is -3.00. The molecule has 0 aromatic heterocycles. The van der Waals surface area contributed by atoms with E-state index in [-0.39, 0.29) is 29.9 Å². The van der Waals surface area contributed by atoms with Crippen molar-refractivity contribution in [3.8, 4) is 0 Å². The molecular formula is C12H22IN3O2. The van der Waals surface area contributed by atoms with Gasteiger partial charge in [0.25, 0.3) is 5.91 Å². The maximum Gasteiger partial charge on any atom is 0.265 e. The Morgan fingerprint density at radius 1 is 1.39 bits per heavy atom. The van der Waals surface area contributed by atoms with Gasteiger partial charge in [0.2, 0.25) is 0 Å². The van der Waals surface area contributed by atoms with Crippen molar-refractivity contribution < 1.29 is 38.5 Å². The van der Waals surface area contributed by atoms with Gasteiger partial charge in [-0.3, -0.25) is 4.79 Å². The molecule has 6 heteroatoms. The fraction of sp³-hybridized carbons (Fsp3) is 0.500. The number of nitrogens with zero attached hydrogens (tertiary/aromatic N) is 2. The Hall–Kier alpha value is -0.890. The van der Waals surface area contributed by atoms with Gasteiger partial charge in [-0.2, -0.15) is 0 Å². The largest absolute Gasteiger partial charge is 1.00 e. The number of quaternary nitrogens is 1. The van der Waals surface area contributed by atoms with E-state index in [0.717, 1.165) is 36.8 Å². The van der Waals surface area contributed by atoms with Gasteiger partial charge in [-0.25, -0.2) is 0 Å². The van der Waals surface area contributed by atoms with Gasteiger partial charge in [0.15, 0.2) is 0 Å². The third kappa shape index (κ3) is 9.17. The minimum absolute atomic E-state index is 0. The predicted octanol–water partition coefficient (Wildman–Crippen LogP) is -2.22. The highest BCUT2D eigenvalue weighted by Crippen LogP contribution is 2.04. The summed E-state index contributed by atoms with van der Waals surface area (Å²) < 4.78 is 0.830. The summed E-state index contributed by atoms with van der Waals surface area (Å²) in [6.07, 6.45) is 5.48. The van der Waals surface area contributed by atoms with E-state index in [2.05, 4.69) is 30.7 Å². The zero-order valence-corrected chi connectivity index (χ0v) is 13.0. The van der Waals surface area contributed by atoms with Crippen LogP contribution in [0, 0.1) is 0 Å². The third-order valence-electron chi connectivity index (χ3n) is 2.49. The van der Waals surface area contributed by atoms with Gasteiger partial charge in [-0.1, -0.05) is 18.3 Å². The molecule has 0 aliphatic heterocycles. The van der Waals surface area contributed by atoms with Crippen molar-refractivity contribution in [2.24, 2.45) is 5.16 Å². The molecule has 0 saturated carbocycles. The van der Waals surface area contributed by atoms with Crippen LogP contribution in [0.15, 0.2) is 30.5 Å². The first-order valence-corrected chi connectivity index (χ1v) is 5.58. The van der Waals surface area contributed by atoms with Gasteiger partial charge >= 0.3 is 0 Å². The Morgan fingerprint density at radius 2 is 1.94 bits per heavy atom. The normalized spacial score (nSPS) is 10.7. The molecule has 0 aromatic carbocycles. The van der Waals surface area contributed by atoms with Crippen LogP contribution in [0.1, 0.15) is 6.42 Å². The smallest absolute Gasteiger partial charge is 0.265 e. The second-order valence-corrected chi connectivity index (χ2v) is 4.17. The molecule has 0 aliphatic rings. The van der Waals surface area contributed by atoms with Crippen molar-refractivity contribution >= 4 is 12.1 Å². The standard InChI is InChI=1S/C12H21N3O2.HI/c1-4-8-15(3,9-5-2)10-6-7-13-12(16)11-14-17;/h4-5,11H,1-2,6-10H2,3H3,(H-,13,16,17);1H. The molecular weight excluding hydrogens is 345 g/mol. The molecule has 0 fully saturated rings. The Morgan fingerprint density at radius 3 is 2.39 bits per heavy atom. The number of rotatable bonds is 9. The van der Waals surface area contributed by atoms with Crippen LogP contribution in [-0.4, -0.2) is 55.0 Å². The van der Waals surface area contributed by atoms with Crippen LogP contribution in [0.2, 0.25) is 0 Å². The lowest BCUT2D eigenvalue weighted by atomic mass is 10.3. The summed E-state index contributed by atoms with van der Waals surface area (Å²) in [4.78, 5) is 11.0. The van der Waals surface area contributed by atoms with E-state index < -0.39 is 0 Å². The first-order valence-electron chi connectivity index (χ1n) is 5.58. The monoisotopic (exact) mass is 367 g/mol. The summed E-state index contributed by atoms with van der Waals surface area (Å²) in [6, 6.07) is 0. The Labute approximate surface area is 126 Å². The fourth-order valence-corrected chi connectivity index (χ4v) is 1.65. The van der Waals surface area contributed by atoms with E-state index in [1.165, 1.54) is 0 Å². The van der Waals surface area contributed by atoms with Crippen LogP contribution in [-0.2, 0) is 4.79 Å². The van der Waals surface area contributed by atoms with E-state index in [4.69, 9.17) is 5.21 Å². The van der Waals surface area contributed by atoms with Gasteiger partial charge in [-0.15, -0.1) is 0 Å². The Balaban J connectivity index is 0. The zero-order chi connectivity index (χ0) is 13.1. The molecule has 5 nitrogen and oxygen atoms in total. The number of nitrogens with one attached hydrogen (secondary N) is 1. The summed E-state index contributed by atoms with van der Waals surface area (Å²) in [6.45, 7) is 10.7. The maximum absolute atomic E-state index is 11.0. The Kier molecular flexibility index (Phi) is 12.1. The summed E-state index contributed by atoms with van der Waals surface area (Å²) in [7, 11) is 2.13. The van der Waals surface area contributed by atoms with Gasteiger partial charge in [-0.05, 0) is 12.2 Å². The van der Waals surface area contributed by atoms with Crippen molar-refractivity contribution in [2.45, 2.75) is 6.42 Å². The number of hydrogen-bond donors (Lipinski definition) is 2. The fourth-order valence-electron chi connectivity index (χ4n) is 1.65. The average Bonchev–Trinajstić information content (AvgIpc) is 2.26. The number of oxime groups is 1. The zero-order valence-electron chi connectivity index (χ0n) is 10.8. The molecule has 0 saturated heterocycles. The first kappa shape index (κ1) is 19.4. The first-order chi connectivity index (χ1) is 8.08. The minimum atomic E-state index is -0.380. The summed E-state index contributed by atoms with van der Waals surface area (Å²) in [5, 5.41) is 13.4. The van der Waals surface area contributed by atoms with E-state index >= 15 is 0 Å². The molecule has 18 heavy (non-hydrogen) atoms. The van der Waals surface area contributed by atoms with E-state index in [9.17, 15) is 4.79 Å². The minimum Gasteiger partial charge on any atom is -1.00 e. The molecule has 0 atom stereocenters. The highest BCUT2D eigenvalue weighted by Gasteiger charge is 2.17. The van der Waals surface area contributed by atoms with Crippen LogP contribution in [0.4, 0.5) is 0 Å². The van der Waals surface area contributed by atoms with Gasteiger partial charge in [0.05, 0.1) is 26.7 Å². The molecule has 2 N–H and O–H groups in total. The van der Waals surface area contributed by atoms with Gasteiger partial charge in [0, 0.05) is 13.0 Å².